The molecule has 1 atom stereocenters. The zero-order valence-corrected chi connectivity index (χ0v) is 14.8. The minimum Gasteiger partial charge on any atom is -0.378 e. The van der Waals surface area contributed by atoms with Crippen molar-refractivity contribution in [3.05, 3.63) is 31.0 Å². The second-order valence-electron chi connectivity index (χ2n) is 6.02. The molecule has 8 nitrogen and oxygen atoms in total. The molecule has 0 bridgehead atoms. The summed E-state index contributed by atoms with van der Waals surface area (Å²) in [5.41, 5.74) is 0.675. The van der Waals surface area contributed by atoms with Gasteiger partial charge in [-0.2, -0.15) is 9.78 Å². The van der Waals surface area contributed by atoms with E-state index >= 15 is 0 Å². The van der Waals surface area contributed by atoms with Crippen molar-refractivity contribution < 1.29 is 4.74 Å². The molecule has 0 amide bonds. The van der Waals surface area contributed by atoms with E-state index in [-0.39, 0.29) is 6.10 Å². The van der Waals surface area contributed by atoms with E-state index in [0.717, 1.165) is 30.8 Å². The molecule has 3 heterocycles. The highest BCUT2D eigenvalue weighted by atomic mass is 16.5. The van der Waals surface area contributed by atoms with Crippen LogP contribution in [0.15, 0.2) is 31.0 Å². The molecule has 1 N–H and O–H groups in total. The molecular weight excluding hydrogens is 318 g/mol. The molecule has 0 aromatic carbocycles. The molecule has 0 radical (unpaired) electrons. The number of hydrogen-bond donors (Lipinski definition) is 1. The van der Waals surface area contributed by atoms with E-state index in [0.29, 0.717) is 17.5 Å². The molecule has 0 aliphatic rings. The Morgan fingerprint density at radius 1 is 1.16 bits per heavy atom. The Bertz CT molecular complexity index is 803. The Labute approximate surface area is 146 Å². The average molecular weight is 341 g/mol. The van der Waals surface area contributed by atoms with Gasteiger partial charge in [-0.1, -0.05) is 13.8 Å². The lowest BCUT2D eigenvalue weighted by atomic mass is 10.0. The molecule has 0 aliphatic heterocycles. The van der Waals surface area contributed by atoms with Crippen LogP contribution in [0.3, 0.4) is 0 Å². The average Bonchev–Trinajstić information content (AvgIpc) is 3.06. The van der Waals surface area contributed by atoms with Crippen LogP contribution in [0.1, 0.15) is 27.2 Å². The zero-order chi connectivity index (χ0) is 17.6. The van der Waals surface area contributed by atoms with E-state index < -0.39 is 0 Å². The first-order chi connectivity index (χ1) is 12.2. The van der Waals surface area contributed by atoms with Gasteiger partial charge >= 0.3 is 0 Å². The Kier molecular flexibility index (Phi) is 5.49. The molecule has 132 valence electrons. The first kappa shape index (κ1) is 17.2. The van der Waals surface area contributed by atoms with E-state index in [1.54, 1.807) is 29.3 Å². The lowest BCUT2D eigenvalue weighted by molar-refractivity contribution is 0.0272. The Morgan fingerprint density at radius 2 is 1.96 bits per heavy atom. The van der Waals surface area contributed by atoms with E-state index in [4.69, 9.17) is 4.74 Å². The summed E-state index contributed by atoms with van der Waals surface area (Å²) in [5.74, 6) is 1.72. The zero-order valence-electron chi connectivity index (χ0n) is 14.8. The van der Waals surface area contributed by atoms with Crippen molar-refractivity contribution in [3.63, 3.8) is 0 Å². The molecule has 0 saturated heterocycles. The van der Waals surface area contributed by atoms with Crippen LogP contribution in [-0.2, 0) is 4.74 Å². The standard InChI is InChI=1S/C17H23N7O/c1-4-25-14(12(2)3)6-9-18-15-13-10-23-24(16(13)22-11-21-15)17-19-7-5-8-20-17/h5,7-8,10-12,14H,4,6,9H2,1-3H3,(H,18,21,22)/t14-/m0/s1. The van der Waals surface area contributed by atoms with Crippen molar-refractivity contribution in [2.75, 3.05) is 18.5 Å². The molecule has 8 heteroatoms. The molecular formula is C17H23N7O. The van der Waals surface area contributed by atoms with E-state index in [9.17, 15) is 0 Å². The van der Waals surface area contributed by atoms with Crippen molar-refractivity contribution in [1.82, 2.24) is 29.7 Å². The van der Waals surface area contributed by atoms with Crippen LogP contribution in [0.5, 0.6) is 0 Å². The lowest BCUT2D eigenvalue weighted by Gasteiger charge is -2.21. The van der Waals surface area contributed by atoms with Gasteiger partial charge in [-0.15, -0.1) is 0 Å². The molecule has 25 heavy (non-hydrogen) atoms. The van der Waals surface area contributed by atoms with Gasteiger partial charge < -0.3 is 10.1 Å². The van der Waals surface area contributed by atoms with Crippen LogP contribution in [0, 0.1) is 5.92 Å². The van der Waals surface area contributed by atoms with Crippen LogP contribution in [0.25, 0.3) is 17.0 Å². The van der Waals surface area contributed by atoms with Crippen LogP contribution in [-0.4, -0.2) is 49.0 Å². The van der Waals surface area contributed by atoms with Gasteiger partial charge in [-0.05, 0) is 25.3 Å². The Morgan fingerprint density at radius 3 is 2.68 bits per heavy atom. The van der Waals surface area contributed by atoms with E-state index in [2.05, 4.69) is 44.2 Å². The number of anilines is 1. The summed E-state index contributed by atoms with van der Waals surface area (Å²) in [6.07, 6.45) is 7.75. The summed E-state index contributed by atoms with van der Waals surface area (Å²) < 4.78 is 7.40. The Hall–Kier alpha value is -2.61. The summed E-state index contributed by atoms with van der Waals surface area (Å²) >= 11 is 0. The molecule has 0 saturated carbocycles. The lowest BCUT2D eigenvalue weighted by Crippen LogP contribution is -2.23. The summed E-state index contributed by atoms with van der Waals surface area (Å²) in [7, 11) is 0. The van der Waals surface area contributed by atoms with Gasteiger partial charge in [0, 0.05) is 25.5 Å². The van der Waals surface area contributed by atoms with Crippen LogP contribution >= 0.6 is 0 Å². The number of fused-ring (bicyclic) bond motifs is 1. The number of nitrogens with one attached hydrogen (secondary N) is 1. The smallest absolute Gasteiger partial charge is 0.252 e. The number of ether oxygens (including phenoxy) is 1. The van der Waals surface area contributed by atoms with Gasteiger partial charge in [-0.25, -0.2) is 19.9 Å². The molecule has 0 unspecified atom stereocenters. The Balaban J connectivity index is 1.76. The maximum absolute atomic E-state index is 5.79. The summed E-state index contributed by atoms with van der Waals surface area (Å²) in [5, 5.41) is 8.56. The van der Waals surface area contributed by atoms with Gasteiger partial charge in [0.15, 0.2) is 5.65 Å². The highest BCUT2D eigenvalue weighted by molar-refractivity contribution is 5.86. The third-order valence-electron chi connectivity index (χ3n) is 3.95. The minimum atomic E-state index is 0.232. The van der Waals surface area contributed by atoms with Gasteiger partial charge in [0.05, 0.1) is 17.7 Å². The largest absolute Gasteiger partial charge is 0.378 e. The minimum absolute atomic E-state index is 0.232. The first-order valence-electron chi connectivity index (χ1n) is 8.52. The van der Waals surface area contributed by atoms with Crippen molar-refractivity contribution >= 4 is 16.9 Å². The van der Waals surface area contributed by atoms with Crippen molar-refractivity contribution in [2.24, 2.45) is 5.92 Å². The topological polar surface area (TPSA) is 90.6 Å². The fourth-order valence-corrected chi connectivity index (χ4v) is 2.69. The van der Waals surface area contributed by atoms with Gasteiger partial charge in [0.1, 0.15) is 12.1 Å². The summed E-state index contributed by atoms with van der Waals surface area (Å²) in [6, 6.07) is 1.76. The maximum Gasteiger partial charge on any atom is 0.252 e. The molecule has 0 aliphatic carbocycles. The summed E-state index contributed by atoms with van der Waals surface area (Å²) in [6.45, 7) is 7.86. The highest BCUT2D eigenvalue weighted by Gasteiger charge is 2.15. The highest BCUT2D eigenvalue weighted by Crippen LogP contribution is 2.20. The fraction of sp³-hybridized carbons (Fsp3) is 0.471. The van der Waals surface area contributed by atoms with E-state index in [1.807, 2.05) is 6.92 Å². The predicted octanol–water partition coefficient (Wildman–Crippen LogP) is 2.47. The molecule has 3 aromatic heterocycles. The number of aromatic nitrogens is 6. The molecule has 0 spiro atoms. The quantitative estimate of drug-likeness (QED) is 0.673. The number of rotatable bonds is 8. The monoisotopic (exact) mass is 341 g/mol. The summed E-state index contributed by atoms with van der Waals surface area (Å²) in [4.78, 5) is 17.1. The van der Waals surface area contributed by atoms with Gasteiger partial charge in [-0.3, -0.25) is 0 Å². The van der Waals surface area contributed by atoms with Crippen molar-refractivity contribution in [3.8, 4) is 5.95 Å². The number of nitrogens with zero attached hydrogens (tertiary/aromatic N) is 6. The van der Waals surface area contributed by atoms with Gasteiger partial charge in [0.25, 0.3) is 5.95 Å². The van der Waals surface area contributed by atoms with Crippen LogP contribution in [0.2, 0.25) is 0 Å². The first-order valence-corrected chi connectivity index (χ1v) is 8.52. The van der Waals surface area contributed by atoms with Gasteiger partial charge in [0.2, 0.25) is 0 Å². The molecule has 3 rings (SSSR count). The van der Waals surface area contributed by atoms with Crippen LogP contribution in [0.4, 0.5) is 5.82 Å². The van der Waals surface area contributed by atoms with E-state index in [1.165, 1.54) is 6.33 Å². The third-order valence-corrected chi connectivity index (χ3v) is 3.95. The SMILES string of the molecule is CCO[C@@H](CCNc1ncnc2c1cnn2-c1ncccn1)C(C)C. The second kappa shape index (κ2) is 7.98. The van der Waals surface area contributed by atoms with Crippen molar-refractivity contribution in [1.29, 1.82) is 0 Å². The normalized spacial score (nSPS) is 12.6. The predicted molar refractivity (Wildman–Crippen MR) is 95.6 cm³/mol. The second-order valence-corrected chi connectivity index (χ2v) is 6.02. The molecule has 3 aromatic rings. The van der Waals surface area contributed by atoms with Crippen LogP contribution < -0.4 is 5.32 Å². The van der Waals surface area contributed by atoms with Crippen molar-refractivity contribution in [2.45, 2.75) is 33.3 Å². The molecule has 0 fully saturated rings. The third kappa shape index (κ3) is 3.90. The maximum atomic E-state index is 5.79. The fourth-order valence-electron chi connectivity index (χ4n) is 2.69. The number of hydrogen-bond acceptors (Lipinski definition) is 7.